The Morgan fingerprint density at radius 1 is 1.32 bits per heavy atom. The minimum Gasteiger partial charge on any atom is -0.420 e. The molecule has 5 atom stereocenters. The van der Waals surface area contributed by atoms with Gasteiger partial charge in [-0.3, -0.25) is 0 Å². The van der Waals surface area contributed by atoms with Crippen LogP contribution in [-0.4, -0.2) is 44.7 Å². The van der Waals surface area contributed by atoms with E-state index >= 15 is 0 Å². The van der Waals surface area contributed by atoms with Crippen molar-refractivity contribution in [3.8, 4) is 0 Å². The van der Waals surface area contributed by atoms with Gasteiger partial charge in [0.25, 0.3) is 0 Å². The molecule has 1 unspecified atom stereocenters. The highest BCUT2D eigenvalue weighted by Gasteiger charge is 2.70. The van der Waals surface area contributed by atoms with E-state index in [1.54, 1.807) is 14.2 Å². The quantitative estimate of drug-likeness (QED) is 0.575. The molecule has 3 fully saturated rings. The molecule has 0 N–H and O–H groups in total. The van der Waals surface area contributed by atoms with Crippen molar-refractivity contribution in [1.82, 2.24) is 0 Å². The first kappa shape index (κ1) is 13.1. The molecule has 0 aromatic rings. The van der Waals surface area contributed by atoms with Gasteiger partial charge in [0.15, 0.2) is 11.9 Å². The Labute approximate surface area is 112 Å². The Hall–Kier alpha value is -0.850. The van der Waals surface area contributed by atoms with Gasteiger partial charge in [0, 0.05) is 20.1 Å². The summed E-state index contributed by atoms with van der Waals surface area (Å²) in [7, 11) is 3.20. The van der Waals surface area contributed by atoms with Crippen molar-refractivity contribution < 1.29 is 28.5 Å². The molecule has 19 heavy (non-hydrogen) atoms. The van der Waals surface area contributed by atoms with Crippen LogP contribution in [0.1, 0.15) is 26.2 Å². The summed E-state index contributed by atoms with van der Waals surface area (Å²) in [6, 6.07) is 0. The Morgan fingerprint density at radius 2 is 2.05 bits per heavy atom. The lowest BCUT2D eigenvalue weighted by atomic mass is 9.67. The molecule has 2 heterocycles. The second-order valence-electron chi connectivity index (χ2n) is 5.48. The first-order valence-corrected chi connectivity index (χ1v) is 6.74. The fourth-order valence-corrected chi connectivity index (χ4v) is 3.98. The number of rotatable bonds is 3. The fourth-order valence-electron chi connectivity index (χ4n) is 3.98. The summed E-state index contributed by atoms with van der Waals surface area (Å²) in [5.74, 6) is 0.0677. The smallest absolute Gasteiger partial charge is 0.420 e. The van der Waals surface area contributed by atoms with Gasteiger partial charge in [-0.05, 0) is 19.8 Å². The minimum atomic E-state index is -0.758. The Kier molecular flexibility index (Phi) is 3.19. The highest BCUT2D eigenvalue weighted by Crippen LogP contribution is 2.55. The second-order valence-corrected chi connectivity index (χ2v) is 5.48. The summed E-state index contributed by atoms with van der Waals surface area (Å²) in [6.07, 6.45) is 1.16. The van der Waals surface area contributed by atoms with Gasteiger partial charge in [-0.2, -0.15) is 0 Å². The molecule has 0 amide bonds. The molecule has 1 aliphatic carbocycles. The van der Waals surface area contributed by atoms with Gasteiger partial charge >= 0.3 is 6.16 Å². The van der Waals surface area contributed by atoms with Crippen molar-refractivity contribution in [2.75, 3.05) is 14.2 Å². The molecular weight excluding hydrogens is 252 g/mol. The summed E-state index contributed by atoms with van der Waals surface area (Å²) in [5, 5.41) is 0. The van der Waals surface area contributed by atoms with Crippen LogP contribution in [0.5, 0.6) is 0 Å². The van der Waals surface area contributed by atoms with Crippen LogP contribution in [0.25, 0.3) is 0 Å². The number of carbonyl (C=O) groups is 1. The first-order chi connectivity index (χ1) is 9.13. The normalized spacial score (nSPS) is 44.7. The standard InChI is InChI=1S/C13H20O6/c1-7-8-5-4-6-9(10(15-2)16-3)13(8)11(17-7)18-12(14)19-13/h7-11H,4-6H2,1-3H3/t7-,8?,9-,11-,13+/m1/s1. The van der Waals surface area contributed by atoms with Crippen LogP contribution in [0.2, 0.25) is 0 Å². The maximum atomic E-state index is 11.6. The fraction of sp³-hybridized carbons (Fsp3) is 0.923. The Morgan fingerprint density at radius 3 is 2.74 bits per heavy atom. The third-order valence-corrected chi connectivity index (χ3v) is 4.72. The van der Waals surface area contributed by atoms with Gasteiger partial charge in [0.2, 0.25) is 6.29 Å². The summed E-state index contributed by atoms with van der Waals surface area (Å²) in [5.41, 5.74) is -0.758. The topological polar surface area (TPSA) is 63.2 Å². The van der Waals surface area contributed by atoms with Crippen LogP contribution in [-0.2, 0) is 23.7 Å². The van der Waals surface area contributed by atoms with Crippen molar-refractivity contribution in [3.05, 3.63) is 0 Å². The van der Waals surface area contributed by atoms with E-state index < -0.39 is 24.3 Å². The molecule has 6 nitrogen and oxygen atoms in total. The summed E-state index contributed by atoms with van der Waals surface area (Å²) >= 11 is 0. The number of carbonyl (C=O) groups excluding carboxylic acids is 1. The van der Waals surface area contributed by atoms with Crippen molar-refractivity contribution in [2.24, 2.45) is 11.8 Å². The minimum absolute atomic E-state index is 0.00950. The highest BCUT2D eigenvalue weighted by molar-refractivity contribution is 5.64. The largest absolute Gasteiger partial charge is 0.511 e. The van der Waals surface area contributed by atoms with Crippen molar-refractivity contribution >= 4 is 6.16 Å². The number of hydrogen-bond donors (Lipinski definition) is 0. The molecule has 108 valence electrons. The zero-order chi connectivity index (χ0) is 13.6. The molecule has 2 saturated heterocycles. The molecule has 3 rings (SSSR count). The lowest BCUT2D eigenvalue weighted by molar-refractivity contribution is -0.215. The van der Waals surface area contributed by atoms with Crippen molar-refractivity contribution in [3.63, 3.8) is 0 Å². The van der Waals surface area contributed by atoms with E-state index in [2.05, 4.69) is 0 Å². The van der Waals surface area contributed by atoms with Crippen LogP contribution in [0.15, 0.2) is 0 Å². The Balaban J connectivity index is 1.98. The van der Waals surface area contributed by atoms with Crippen LogP contribution < -0.4 is 0 Å². The maximum Gasteiger partial charge on any atom is 0.511 e. The molecule has 0 aromatic carbocycles. The molecule has 3 aliphatic rings. The van der Waals surface area contributed by atoms with Crippen LogP contribution in [0.4, 0.5) is 4.79 Å². The molecule has 1 spiro atoms. The first-order valence-electron chi connectivity index (χ1n) is 6.74. The average molecular weight is 272 g/mol. The Bertz CT molecular complexity index is 368. The maximum absolute atomic E-state index is 11.6. The molecule has 1 saturated carbocycles. The predicted octanol–water partition coefficient (Wildman–Crippen LogP) is 1.67. The molecular formula is C13H20O6. The highest BCUT2D eigenvalue weighted by atomic mass is 16.9. The van der Waals surface area contributed by atoms with Gasteiger partial charge in [-0.25, -0.2) is 4.79 Å². The van der Waals surface area contributed by atoms with E-state index in [1.807, 2.05) is 6.92 Å². The second kappa shape index (κ2) is 4.61. The van der Waals surface area contributed by atoms with Gasteiger partial charge in [0.1, 0.15) is 0 Å². The van der Waals surface area contributed by atoms with Gasteiger partial charge < -0.3 is 23.7 Å². The molecule has 0 radical (unpaired) electrons. The van der Waals surface area contributed by atoms with Crippen LogP contribution in [0, 0.1) is 11.8 Å². The third kappa shape index (κ3) is 1.70. The predicted molar refractivity (Wildman–Crippen MR) is 63.3 cm³/mol. The van der Waals surface area contributed by atoms with E-state index in [0.717, 1.165) is 19.3 Å². The van der Waals surface area contributed by atoms with Crippen LogP contribution >= 0.6 is 0 Å². The van der Waals surface area contributed by atoms with Crippen molar-refractivity contribution in [1.29, 1.82) is 0 Å². The van der Waals surface area contributed by atoms with Crippen molar-refractivity contribution in [2.45, 2.75) is 50.5 Å². The third-order valence-electron chi connectivity index (χ3n) is 4.72. The van der Waals surface area contributed by atoms with Gasteiger partial charge in [-0.1, -0.05) is 6.42 Å². The van der Waals surface area contributed by atoms with E-state index in [-0.39, 0.29) is 17.9 Å². The summed E-state index contributed by atoms with van der Waals surface area (Å²) in [4.78, 5) is 11.6. The summed E-state index contributed by atoms with van der Waals surface area (Å²) in [6.45, 7) is 2.00. The monoisotopic (exact) mass is 272 g/mol. The molecule has 6 heteroatoms. The van der Waals surface area contributed by atoms with E-state index in [0.29, 0.717) is 0 Å². The number of methoxy groups -OCH3 is 2. The number of hydrogen-bond acceptors (Lipinski definition) is 6. The van der Waals surface area contributed by atoms with E-state index in [9.17, 15) is 4.79 Å². The van der Waals surface area contributed by atoms with Crippen LogP contribution in [0.3, 0.4) is 0 Å². The average Bonchev–Trinajstić information content (AvgIpc) is 2.82. The lowest BCUT2D eigenvalue weighted by Crippen LogP contribution is -2.56. The zero-order valence-corrected chi connectivity index (χ0v) is 11.5. The van der Waals surface area contributed by atoms with E-state index in [4.69, 9.17) is 23.7 Å². The van der Waals surface area contributed by atoms with Gasteiger partial charge in [-0.15, -0.1) is 0 Å². The SMILES string of the molecule is COC(OC)[C@H]1CCCC2[C@@H](C)O[C@@H]3OC(=O)O[C@]231. The number of ether oxygens (including phenoxy) is 5. The summed E-state index contributed by atoms with van der Waals surface area (Å²) < 4.78 is 27.4. The molecule has 0 bridgehead atoms. The van der Waals surface area contributed by atoms with Gasteiger partial charge in [0.05, 0.1) is 12.0 Å². The lowest BCUT2D eigenvalue weighted by Gasteiger charge is -2.43. The molecule has 2 aliphatic heterocycles. The zero-order valence-electron chi connectivity index (χ0n) is 11.5. The molecule has 0 aromatic heterocycles. The van der Waals surface area contributed by atoms with E-state index in [1.165, 1.54) is 0 Å².